The van der Waals surface area contributed by atoms with Gasteiger partial charge in [0.15, 0.2) is 0 Å². The van der Waals surface area contributed by atoms with Gasteiger partial charge >= 0.3 is 0 Å². The van der Waals surface area contributed by atoms with Gasteiger partial charge in [-0.3, -0.25) is 4.79 Å². The molecular weight excluding hydrogens is 334 g/mol. The molecule has 4 nitrogen and oxygen atoms in total. The molecule has 0 radical (unpaired) electrons. The van der Waals surface area contributed by atoms with Crippen LogP contribution in [0.1, 0.15) is 22.3 Å². The Kier molecular flexibility index (Phi) is 6.58. The number of nitriles is 1. The van der Waals surface area contributed by atoms with Crippen LogP contribution < -0.4 is 0 Å². The third-order valence-electron chi connectivity index (χ3n) is 4.00. The summed E-state index contributed by atoms with van der Waals surface area (Å²) in [5.41, 5.74) is 2.99. The zero-order chi connectivity index (χ0) is 18.4. The molecule has 130 valence electrons. The van der Waals surface area contributed by atoms with Gasteiger partial charge in [0, 0.05) is 19.2 Å². The highest BCUT2D eigenvalue weighted by Gasteiger charge is 2.12. The average Bonchev–Trinajstić information content (AvgIpc) is 2.60. The average molecular weight is 356 g/mol. The molecule has 0 saturated heterocycles. The topological polar surface area (TPSA) is 47.3 Å². The number of amides is 1. The van der Waals surface area contributed by atoms with E-state index in [1.807, 2.05) is 57.5 Å². The Bertz CT molecular complexity index is 779. The first-order chi connectivity index (χ1) is 11.9. The number of carbonyl (C=O) groups is 1. The fourth-order valence-corrected chi connectivity index (χ4v) is 2.76. The minimum atomic E-state index is 0.0168. The first-order valence-corrected chi connectivity index (χ1v) is 8.50. The van der Waals surface area contributed by atoms with Gasteiger partial charge in [-0.1, -0.05) is 29.8 Å². The predicted molar refractivity (Wildman–Crippen MR) is 102 cm³/mol. The van der Waals surface area contributed by atoms with Crippen molar-refractivity contribution in [1.82, 2.24) is 9.80 Å². The molecule has 0 fully saturated rings. The van der Waals surface area contributed by atoms with E-state index < -0.39 is 0 Å². The van der Waals surface area contributed by atoms with Crippen LogP contribution in [-0.2, 0) is 0 Å². The van der Waals surface area contributed by atoms with Gasteiger partial charge in [-0.25, -0.2) is 0 Å². The standard InChI is InChI=1S/C20H22ClN3O/c1-23(2)11-4-12-24(3)20(25)16-7-5-15(6-8-16)17-9-10-18(14-22)19(21)13-17/h5-10,13H,4,11-12H2,1-3H3. The van der Waals surface area contributed by atoms with E-state index in [4.69, 9.17) is 16.9 Å². The minimum absolute atomic E-state index is 0.0168. The molecule has 0 aromatic heterocycles. The molecule has 0 spiro atoms. The largest absolute Gasteiger partial charge is 0.342 e. The molecule has 0 aliphatic carbocycles. The number of carbonyl (C=O) groups excluding carboxylic acids is 1. The van der Waals surface area contributed by atoms with Crippen LogP contribution in [0.4, 0.5) is 0 Å². The summed E-state index contributed by atoms with van der Waals surface area (Å²) in [5.74, 6) is 0.0168. The fraction of sp³-hybridized carbons (Fsp3) is 0.300. The fourth-order valence-electron chi connectivity index (χ4n) is 2.54. The molecule has 0 heterocycles. The lowest BCUT2D eigenvalue weighted by molar-refractivity contribution is 0.0790. The van der Waals surface area contributed by atoms with Gasteiger partial charge in [0.2, 0.25) is 0 Å². The van der Waals surface area contributed by atoms with Crippen molar-refractivity contribution in [3.05, 3.63) is 58.6 Å². The molecule has 0 saturated carbocycles. The maximum absolute atomic E-state index is 12.5. The highest BCUT2D eigenvalue weighted by atomic mass is 35.5. The van der Waals surface area contributed by atoms with Crippen LogP contribution in [0, 0.1) is 11.3 Å². The highest BCUT2D eigenvalue weighted by molar-refractivity contribution is 6.32. The van der Waals surface area contributed by atoms with E-state index in [0.717, 1.165) is 30.6 Å². The molecular formula is C20H22ClN3O. The Hall–Kier alpha value is -2.35. The van der Waals surface area contributed by atoms with Gasteiger partial charge in [0.05, 0.1) is 10.6 Å². The number of hydrogen-bond donors (Lipinski definition) is 0. The third-order valence-corrected chi connectivity index (χ3v) is 4.31. The van der Waals surface area contributed by atoms with E-state index in [9.17, 15) is 4.79 Å². The molecule has 0 aliphatic rings. The quantitative estimate of drug-likeness (QED) is 0.789. The number of halogens is 1. The number of hydrogen-bond acceptors (Lipinski definition) is 3. The first-order valence-electron chi connectivity index (χ1n) is 8.12. The summed E-state index contributed by atoms with van der Waals surface area (Å²) in [4.78, 5) is 16.3. The molecule has 2 rings (SSSR count). The van der Waals surface area contributed by atoms with Crippen molar-refractivity contribution in [2.45, 2.75) is 6.42 Å². The number of benzene rings is 2. The third kappa shape index (κ3) is 5.06. The summed E-state index contributed by atoms with van der Waals surface area (Å²) in [6, 6.07) is 14.8. The van der Waals surface area contributed by atoms with Crippen LogP contribution >= 0.6 is 11.6 Å². The summed E-state index contributed by atoms with van der Waals surface area (Å²) in [5, 5.41) is 9.37. The summed E-state index contributed by atoms with van der Waals surface area (Å²) >= 11 is 6.09. The molecule has 1 amide bonds. The predicted octanol–water partition coefficient (Wildman–Crippen LogP) is 3.90. The van der Waals surface area contributed by atoms with Gasteiger partial charge in [-0.15, -0.1) is 0 Å². The second kappa shape index (κ2) is 8.66. The molecule has 5 heteroatoms. The normalized spacial score (nSPS) is 10.6. The summed E-state index contributed by atoms with van der Waals surface area (Å²) < 4.78 is 0. The molecule has 0 unspecified atom stereocenters. The Morgan fingerprint density at radius 2 is 1.68 bits per heavy atom. The summed E-state index contributed by atoms with van der Waals surface area (Å²) in [6.07, 6.45) is 0.942. The Balaban J connectivity index is 2.07. The van der Waals surface area contributed by atoms with Crippen molar-refractivity contribution in [3.63, 3.8) is 0 Å². The molecule has 25 heavy (non-hydrogen) atoms. The Morgan fingerprint density at radius 1 is 1.04 bits per heavy atom. The van der Waals surface area contributed by atoms with Crippen LogP contribution in [0.15, 0.2) is 42.5 Å². The SMILES string of the molecule is CN(C)CCCN(C)C(=O)c1ccc(-c2ccc(C#N)c(Cl)c2)cc1. The molecule has 2 aromatic rings. The van der Waals surface area contributed by atoms with Crippen molar-refractivity contribution in [3.8, 4) is 17.2 Å². The Labute approximate surface area is 154 Å². The van der Waals surface area contributed by atoms with E-state index in [0.29, 0.717) is 16.1 Å². The monoisotopic (exact) mass is 355 g/mol. The minimum Gasteiger partial charge on any atom is -0.342 e. The van der Waals surface area contributed by atoms with Crippen molar-refractivity contribution < 1.29 is 4.79 Å². The lowest BCUT2D eigenvalue weighted by atomic mass is 10.0. The highest BCUT2D eigenvalue weighted by Crippen LogP contribution is 2.25. The summed E-state index contributed by atoms with van der Waals surface area (Å²) in [6.45, 7) is 1.68. The van der Waals surface area contributed by atoms with Crippen molar-refractivity contribution in [2.75, 3.05) is 34.2 Å². The van der Waals surface area contributed by atoms with E-state index >= 15 is 0 Å². The van der Waals surface area contributed by atoms with Crippen molar-refractivity contribution in [1.29, 1.82) is 5.26 Å². The Morgan fingerprint density at radius 3 is 2.24 bits per heavy atom. The van der Waals surface area contributed by atoms with Crippen LogP contribution in [0.3, 0.4) is 0 Å². The first kappa shape index (κ1) is 19.0. The van der Waals surface area contributed by atoms with E-state index in [1.165, 1.54) is 0 Å². The lowest BCUT2D eigenvalue weighted by Crippen LogP contribution is -2.29. The molecule has 0 N–H and O–H groups in total. The maximum atomic E-state index is 12.5. The van der Waals surface area contributed by atoms with E-state index in [2.05, 4.69) is 4.90 Å². The zero-order valence-electron chi connectivity index (χ0n) is 14.8. The summed E-state index contributed by atoms with van der Waals surface area (Å²) in [7, 11) is 5.87. The molecule has 2 aromatic carbocycles. The van der Waals surface area contributed by atoms with Gasteiger partial charge in [0.25, 0.3) is 5.91 Å². The van der Waals surface area contributed by atoms with E-state index in [-0.39, 0.29) is 5.91 Å². The smallest absolute Gasteiger partial charge is 0.253 e. The lowest BCUT2D eigenvalue weighted by Gasteiger charge is -2.18. The van der Waals surface area contributed by atoms with Gasteiger partial charge in [0.1, 0.15) is 6.07 Å². The molecule has 0 aliphatic heterocycles. The zero-order valence-corrected chi connectivity index (χ0v) is 15.5. The molecule has 0 bridgehead atoms. The van der Waals surface area contributed by atoms with E-state index in [1.54, 1.807) is 17.0 Å². The van der Waals surface area contributed by atoms with Crippen LogP contribution in [-0.4, -0.2) is 49.9 Å². The maximum Gasteiger partial charge on any atom is 0.253 e. The number of nitrogens with zero attached hydrogens (tertiary/aromatic N) is 3. The van der Waals surface area contributed by atoms with Crippen molar-refractivity contribution >= 4 is 17.5 Å². The van der Waals surface area contributed by atoms with Crippen molar-refractivity contribution in [2.24, 2.45) is 0 Å². The van der Waals surface area contributed by atoms with Crippen LogP contribution in [0.2, 0.25) is 5.02 Å². The van der Waals surface area contributed by atoms with Gasteiger partial charge in [-0.2, -0.15) is 5.26 Å². The van der Waals surface area contributed by atoms with Gasteiger partial charge < -0.3 is 9.80 Å². The second-order valence-corrected chi connectivity index (χ2v) is 6.67. The van der Waals surface area contributed by atoms with Crippen LogP contribution in [0.25, 0.3) is 11.1 Å². The number of rotatable bonds is 6. The molecule has 0 atom stereocenters. The second-order valence-electron chi connectivity index (χ2n) is 6.27. The van der Waals surface area contributed by atoms with Gasteiger partial charge in [-0.05, 0) is 62.5 Å². The van der Waals surface area contributed by atoms with Crippen LogP contribution in [0.5, 0.6) is 0 Å².